The lowest BCUT2D eigenvalue weighted by Gasteiger charge is -2.36. The summed E-state index contributed by atoms with van der Waals surface area (Å²) >= 11 is 0. The topological polar surface area (TPSA) is 93.2 Å². The minimum Gasteiger partial charge on any atom is -0.378 e. The zero-order valence-electron chi connectivity index (χ0n) is 14.4. The highest BCUT2D eigenvalue weighted by atomic mass is 16.6. The van der Waals surface area contributed by atoms with E-state index >= 15 is 0 Å². The maximum Gasteiger partial charge on any atom is 0.372 e. The molecule has 1 atom stereocenters. The van der Waals surface area contributed by atoms with Gasteiger partial charge >= 0.3 is 5.82 Å². The summed E-state index contributed by atoms with van der Waals surface area (Å²) in [6.07, 6.45) is 3.25. The van der Waals surface area contributed by atoms with E-state index in [0.717, 1.165) is 12.8 Å². The van der Waals surface area contributed by atoms with Gasteiger partial charge in [-0.05, 0) is 23.8 Å². The fraction of sp³-hybridized carbons (Fsp3) is 0.529. The van der Waals surface area contributed by atoms with Crippen molar-refractivity contribution in [1.82, 2.24) is 14.3 Å². The number of nitro groups is 1. The molecule has 9 nitrogen and oxygen atoms in total. The number of aromatic nitrogens is 2. The number of hydrogen-bond donors (Lipinski definition) is 0. The molecule has 0 radical (unpaired) electrons. The molecule has 1 unspecified atom stereocenters. The van der Waals surface area contributed by atoms with Crippen molar-refractivity contribution < 1.29 is 14.5 Å². The van der Waals surface area contributed by atoms with Gasteiger partial charge in [0.05, 0.1) is 25.3 Å². The van der Waals surface area contributed by atoms with E-state index in [1.807, 2.05) is 9.80 Å². The van der Waals surface area contributed by atoms with Gasteiger partial charge in [0, 0.05) is 32.2 Å². The van der Waals surface area contributed by atoms with Crippen molar-refractivity contribution in [1.29, 1.82) is 0 Å². The zero-order chi connectivity index (χ0) is 18.1. The number of morpholine rings is 1. The van der Waals surface area contributed by atoms with Crippen LogP contribution in [0.3, 0.4) is 0 Å². The molecule has 4 rings (SSSR count). The van der Waals surface area contributed by atoms with Gasteiger partial charge in [-0.2, -0.15) is 9.38 Å². The molecule has 0 saturated carbocycles. The number of pyridine rings is 1. The molecule has 4 heterocycles. The summed E-state index contributed by atoms with van der Waals surface area (Å²) in [7, 11) is 0. The molecule has 2 saturated heterocycles. The van der Waals surface area contributed by atoms with Crippen LogP contribution in [0.4, 0.5) is 11.6 Å². The molecule has 0 N–H and O–H groups in total. The predicted octanol–water partition coefficient (Wildman–Crippen LogP) is 1.32. The second-order valence-corrected chi connectivity index (χ2v) is 6.67. The van der Waals surface area contributed by atoms with Gasteiger partial charge in [0.1, 0.15) is 0 Å². The third kappa shape index (κ3) is 2.98. The highest BCUT2D eigenvalue weighted by Gasteiger charge is 2.34. The first-order valence-electron chi connectivity index (χ1n) is 8.88. The molecule has 26 heavy (non-hydrogen) atoms. The van der Waals surface area contributed by atoms with Gasteiger partial charge in [-0.3, -0.25) is 4.79 Å². The molecule has 0 bridgehead atoms. The molecule has 2 aliphatic heterocycles. The van der Waals surface area contributed by atoms with Gasteiger partial charge in [0.15, 0.2) is 0 Å². The lowest BCUT2D eigenvalue weighted by atomic mass is 9.96. The Bertz CT molecular complexity index is 830. The van der Waals surface area contributed by atoms with E-state index in [1.54, 1.807) is 24.4 Å². The van der Waals surface area contributed by atoms with E-state index in [1.165, 1.54) is 4.40 Å². The smallest absolute Gasteiger partial charge is 0.372 e. The maximum atomic E-state index is 12.8. The van der Waals surface area contributed by atoms with Crippen LogP contribution in [-0.2, 0) is 9.53 Å². The van der Waals surface area contributed by atoms with E-state index in [-0.39, 0.29) is 17.6 Å². The van der Waals surface area contributed by atoms with Crippen molar-refractivity contribution in [2.45, 2.75) is 12.8 Å². The third-order valence-corrected chi connectivity index (χ3v) is 5.05. The van der Waals surface area contributed by atoms with Crippen LogP contribution in [0, 0.1) is 16.0 Å². The van der Waals surface area contributed by atoms with Crippen molar-refractivity contribution in [3.63, 3.8) is 0 Å². The minimum absolute atomic E-state index is 0.0416. The van der Waals surface area contributed by atoms with Gasteiger partial charge in [0.25, 0.3) is 0 Å². The summed E-state index contributed by atoms with van der Waals surface area (Å²) in [5.41, 5.74) is 0.538. The number of hydrogen-bond acceptors (Lipinski definition) is 6. The van der Waals surface area contributed by atoms with E-state index in [4.69, 9.17) is 4.74 Å². The lowest BCUT2D eigenvalue weighted by molar-refractivity contribution is -0.389. The molecule has 1 amide bonds. The average molecular weight is 359 g/mol. The van der Waals surface area contributed by atoms with Gasteiger partial charge < -0.3 is 24.7 Å². The highest BCUT2D eigenvalue weighted by Crippen LogP contribution is 2.32. The number of amides is 1. The Morgan fingerprint density at radius 2 is 2.08 bits per heavy atom. The summed E-state index contributed by atoms with van der Waals surface area (Å²) in [5, 5.41) is 11.6. The maximum absolute atomic E-state index is 12.8. The van der Waals surface area contributed by atoms with E-state index in [2.05, 4.69) is 4.98 Å². The number of nitrogens with zero attached hydrogens (tertiary/aromatic N) is 5. The average Bonchev–Trinajstić information content (AvgIpc) is 3.08. The first-order chi connectivity index (χ1) is 12.6. The molecule has 2 aromatic rings. The number of anilines is 1. The Labute approximate surface area is 150 Å². The van der Waals surface area contributed by atoms with Gasteiger partial charge in [-0.15, -0.1) is 0 Å². The number of ether oxygens (including phenoxy) is 1. The SMILES string of the molecule is O=C(C1CCCN(c2nc3ccccn3c2[N+](=O)[O-])C1)N1CCOCC1. The second kappa shape index (κ2) is 6.91. The number of fused-ring (bicyclic) bond motifs is 1. The monoisotopic (exact) mass is 359 g/mol. The summed E-state index contributed by atoms with van der Waals surface area (Å²) in [5.74, 6) is 0.261. The molecular formula is C17H21N5O4. The number of imidazole rings is 1. The standard InChI is InChI=1S/C17H21N5O4/c23-17(19-8-10-26-11-9-19)13-4-3-6-20(12-13)15-16(22(24)25)21-7-2-1-5-14(21)18-15/h1-2,5,7,13H,3-4,6,8-12H2. The molecule has 2 aliphatic rings. The Morgan fingerprint density at radius 1 is 1.27 bits per heavy atom. The third-order valence-electron chi connectivity index (χ3n) is 5.05. The predicted molar refractivity (Wildman–Crippen MR) is 94.2 cm³/mol. The molecule has 2 fully saturated rings. The van der Waals surface area contributed by atoms with Crippen molar-refractivity contribution in [3.8, 4) is 0 Å². The Balaban J connectivity index is 1.60. The van der Waals surface area contributed by atoms with Crippen LogP contribution in [0.5, 0.6) is 0 Å². The molecule has 0 aromatic carbocycles. The normalized spacial score (nSPS) is 21.2. The van der Waals surface area contributed by atoms with E-state index in [0.29, 0.717) is 50.9 Å². The Hall–Kier alpha value is -2.68. The first kappa shape index (κ1) is 16.8. The zero-order valence-corrected chi connectivity index (χ0v) is 14.4. The number of carbonyl (C=O) groups excluding carboxylic acids is 1. The number of carbonyl (C=O) groups is 1. The summed E-state index contributed by atoms with van der Waals surface area (Å²) < 4.78 is 6.80. The molecule has 0 spiro atoms. The minimum atomic E-state index is -0.400. The largest absolute Gasteiger partial charge is 0.378 e. The van der Waals surface area contributed by atoms with Crippen LogP contribution in [0.2, 0.25) is 0 Å². The fourth-order valence-electron chi connectivity index (χ4n) is 3.77. The Morgan fingerprint density at radius 3 is 2.85 bits per heavy atom. The van der Waals surface area contributed by atoms with Crippen LogP contribution in [0.15, 0.2) is 24.4 Å². The molecule has 2 aromatic heterocycles. The highest BCUT2D eigenvalue weighted by molar-refractivity contribution is 5.80. The lowest BCUT2D eigenvalue weighted by Crippen LogP contribution is -2.48. The second-order valence-electron chi connectivity index (χ2n) is 6.67. The van der Waals surface area contributed by atoms with Crippen LogP contribution < -0.4 is 4.90 Å². The molecule has 0 aliphatic carbocycles. The van der Waals surface area contributed by atoms with E-state index < -0.39 is 4.92 Å². The molecular weight excluding hydrogens is 338 g/mol. The first-order valence-corrected chi connectivity index (χ1v) is 8.88. The van der Waals surface area contributed by atoms with Crippen molar-refractivity contribution >= 4 is 23.2 Å². The van der Waals surface area contributed by atoms with Gasteiger partial charge in [-0.25, -0.2) is 0 Å². The molecule has 9 heteroatoms. The van der Waals surface area contributed by atoms with Crippen LogP contribution >= 0.6 is 0 Å². The van der Waals surface area contributed by atoms with Gasteiger partial charge in [0.2, 0.25) is 17.4 Å². The summed E-state index contributed by atoms with van der Waals surface area (Å²) in [4.78, 5) is 32.2. The van der Waals surface area contributed by atoms with Crippen molar-refractivity contribution in [2.75, 3.05) is 44.3 Å². The summed E-state index contributed by atoms with van der Waals surface area (Å²) in [6, 6.07) is 5.29. The number of piperidine rings is 1. The van der Waals surface area contributed by atoms with Crippen LogP contribution in [-0.4, -0.2) is 64.5 Å². The van der Waals surface area contributed by atoms with Crippen molar-refractivity contribution in [2.24, 2.45) is 5.92 Å². The number of rotatable bonds is 3. The summed E-state index contributed by atoms with van der Waals surface area (Å²) in [6.45, 7) is 3.49. The van der Waals surface area contributed by atoms with Crippen LogP contribution in [0.25, 0.3) is 5.65 Å². The quantitative estimate of drug-likeness (QED) is 0.606. The van der Waals surface area contributed by atoms with Crippen LogP contribution in [0.1, 0.15) is 12.8 Å². The van der Waals surface area contributed by atoms with Crippen molar-refractivity contribution in [3.05, 3.63) is 34.5 Å². The van der Waals surface area contributed by atoms with Gasteiger partial charge in [-0.1, -0.05) is 6.07 Å². The fourth-order valence-corrected chi connectivity index (χ4v) is 3.77. The Kier molecular flexibility index (Phi) is 4.46. The van der Waals surface area contributed by atoms with E-state index in [9.17, 15) is 14.9 Å². The molecule has 138 valence electrons.